The Hall–Kier alpha value is -2.69. The van der Waals surface area contributed by atoms with Crippen LogP contribution in [0.3, 0.4) is 0 Å². The summed E-state index contributed by atoms with van der Waals surface area (Å²) < 4.78 is 5.04. The van der Waals surface area contributed by atoms with Crippen LogP contribution in [0.25, 0.3) is 0 Å². The first-order valence-corrected chi connectivity index (χ1v) is 6.51. The number of rotatable bonds is 5. The number of aryl methyl sites for hydroxylation is 1. The fourth-order valence-corrected chi connectivity index (χ4v) is 2.03. The molecule has 0 bridgehead atoms. The summed E-state index contributed by atoms with van der Waals surface area (Å²) in [7, 11) is 1.55. The summed E-state index contributed by atoms with van der Waals surface area (Å²) in [6, 6.07) is 10.4. The minimum atomic E-state index is -0.447. The number of aromatic hydroxyl groups is 1. The van der Waals surface area contributed by atoms with Crippen molar-refractivity contribution in [3.8, 4) is 11.5 Å². The van der Waals surface area contributed by atoms with Gasteiger partial charge in [0.2, 0.25) is 5.91 Å². The highest BCUT2D eigenvalue weighted by Gasteiger charge is 2.06. The Morgan fingerprint density at radius 3 is 2.62 bits per heavy atom. The zero-order chi connectivity index (χ0) is 15.4. The third-order valence-corrected chi connectivity index (χ3v) is 3.27. The van der Waals surface area contributed by atoms with E-state index in [1.54, 1.807) is 43.5 Å². The predicted molar refractivity (Wildman–Crippen MR) is 81.7 cm³/mol. The maximum absolute atomic E-state index is 11.1. The minimum absolute atomic E-state index is 0.174. The van der Waals surface area contributed by atoms with Crippen molar-refractivity contribution in [1.82, 2.24) is 0 Å². The Balaban J connectivity index is 2.11. The average molecular weight is 286 g/mol. The molecule has 110 valence electrons. The molecule has 21 heavy (non-hydrogen) atoms. The van der Waals surface area contributed by atoms with Crippen molar-refractivity contribution in [3.05, 3.63) is 53.1 Å². The van der Waals surface area contributed by atoms with Gasteiger partial charge in [0.25, 0.3) is 0 Å². The number of carbonyl (C=O) groups is 1. The van der Waals surface area contributed by atoms with E-state index in [2.05, 4.69) is 5.32 Å². The van der Waals surface area contributed by atoms with Gasteiger partial charge >= 0.3 is 0 Å². The molecule has 0 aromatic heterocycles. The number of carbonyl (C=O) groups excluding carboxylic acids is 1. The molecule has 5 heteroatoms. The zero-order valence-electron chi connectivity index (χ0n) is 12.0. The van der Waals surface area contributed by atoms with Gasteiger partial charge in [-0.05, 0) is 42.8 Å². The van der Waals surface area contributed by atoms with Gasteiger partial charge in [-0.3, -0.25) is 4.79 Å². The number of primary amides is 1. The van der Waals surface area contributed by atoms with Gasteiger partial charge in [-0.1, -0.05) is 0 Å². The van der Waals surface area contributed by atoms with E-state index in [1.165, 1.54) is 0 Å². The molecule has 2 rings (SSSR count). The molecule has 2 aromatic carbocycles. The molecule has 0 atom stereocenters. The van der Waals surface area contributed by atoms with Crippen LogP contribution in [-0.4, -0.2) is 18.1 Å². The summed E-state index contributed by atoms with van der Waals surface area (Å²) in [5.41, 5.74) is 8.28. The van der Waals surface area contributed by atoms with Crippen LogP contribution < -0.4 is 15.8 Å². The molecule has 0 saturated heterocycles. The fourth-order valence-electron chi connectivity index (χ4n) is 2.03. The normalized spacial score (nSPS) is 10.2. The quantitative estimate of drug-likeness (QED) is 0.788. The Labute approximate surface area is 123 Å². The number of hydrogen-bond donors (Lipinski definition) is 3. The second-order valence-electron chi connectivity index (χ2n) is 4.74. The van der Waals surface area contributed by atoms with Crippen LogP contribution in [0, 0.1) is 6.92 Å². The zero-order valence-corrected chi connectivity index (χ0v) is 12.0. The average Bonchev–Trinajstić information content (AvgIpc) is 2.46. The molecule has 0 heterocycles. The number of nitrogens with one attached hydrogen (secondary N) is 1. The molecule has 4 N–H and O–H groups in total. The largest absolute Gasteiger partial charge is 0.507 e. The highest BCUT2D eigenvalue weighted by molar-refractivity contribution is 5.93. The summed E-state index contributed by atoms with van der Waals surface area (Å²) in [5.74, 6) is 0.337. The monoisotopic (exact) mass is 286 g/mol. The highest BCUT2D eigenvalue weighted by atomic mass is 16.5. The first-order valence-electron chi connectivity index (χ1n) is 6.51. The topological polar surface area (TPSA) is 84.6 Å². The Bertz CT molecular complexity index is 669. The van der Waals surface area contributed by atoms with Crippen LogP contribution in [-0.2, 0) is 6.54 Å². The molecule has 0 fully saturated rings. The van der Waals surface area contributed by atoms with E-state index in [-0.39, 0.29) is 5.75 Å². The summed E-state index contributed by atoms with van der Waals surface area (Å²) >= 11 is 0. The molecule has 0 unspecified atom stereocenters. The molecular weight excluding hydrogens is 268 g/mol. The van der Waals surface area contributed by atoms with Gasteiger partial charge in [-0.15, -0.1) is 0 Å². The van der Waals surface area contributed by atoms with E-state index in [0.29, 0.717) is 17.9 Å². The SMILES string of the molecule is COc1ccc(CNc2ccc(C(N)=O)cc2C)c(O)c1. The van der Waals surface area contributed by atoms with E-state index >= 15 is 0 Å². The molecule has 2 aromatic rings. The number of hydrogen-bond acceptors (Lipinski definition) is 4. The molecule has 0 saturated carbocycles. The lowest BCUT2D eigenvalue weighted by atomic mass is 10.1. The second-order valence-corrected chi connectivity index (χ2v) is 4.74. The van der Waals surface area contributed by atoms with E-state index < -0.39 is 5.91 Å². The van der Waals surface area contributed by atoms with Crippen molar-refractivity contribution < 1.29 is 14.6 Å². The van der Waals surface area contributed by atoms with Crippen molar-refractivity contribution in [2.24, 2.45) is 5.73 Å². The third kappa shape index (κ3) is 3.45. The molecule has 0 spiro atoms. The summed E-state index contributed by atoms with van der Waals surface area (Å²) in [5, 5.41) is 13.1. The van der Waals surface area contributed by atoms with Crippen molar-refractivity contribution in [2.75, 3.05) is 12.4 Å². The van der Waals surface area contributed by atoms with Gasteiger partial charge in [0, 0.05) is 29.4 Å². The van der Waals surface area contributed by atoms with Crippen LogP contribution in [0.4, 0.5) is 5.69 Å². The highest BCUT2D eigenvalue weighted by Crippen LogP contribution is 2.25. The molecule has 0 aliphatic rings. The first-order chi connectivity index (χ1) is 10.0. The van der Waals surface area contributed by atoms with Crippen molar-refractivity contribution in [1.29, 1.82) is 0 Å². The standard InChI is InChI=1S/C16H18N2O3/c1-10-7-11(16(17)20)4-6-14(10)18-9-12-3-5-13(21-2)8-15(12)19/h3-8,18-19H,9H2,1-2H3,(H2,17,20). The molecule has 0 aliphatic carbocycles. The van der Waals surface area contributed by atoms with E-state index in [1.807, 2.05) is 6.92 Å². The van der Waals surface area contributed by atoms with Gasteiger partial charge in [-0.25, -0.2) is 0 Å². The Morgan fingerprint density at radius 1 is 1.29 bits per heavy atom. The van der Waals surface area contributed by atoms with Crippen molar-refractivity contribution in [3.63, 3.8) is 0 Å². The number of phenols is 1. The summed E-state index contributed by atoms with van der Waals surface area (Å²) in [4.78, 5) is 11.1. The summed E-state index contributed by atoms with van der Waals surface area (Å²) in [6.45, 7) is 2.36. The summed E-state index contributed by atoms with van der Waals surface area (Å²) in [6.07, 6.45) is 0. The maximum atomic E-state index is 11.1. The van der Waals surface area contributed by atoms with Gasteiger partial charge < -0.3 is 20.9 Å². The fraction of sp³-hybridized carbons (Fsp3) is 0.188. The van der Waals surface area contributed by atoms with Crippen LogP contribution in [0.2, 0.25) is 0 Å². The number of amides is 1. The van der Waals surface area contributed by atoms with Crippen LogP contribution in [0.1, 0.15) is 21.5 Å². The number of anilines is 1. The van der Waals surface area contributed by atoms with E-state index in [4.69, 9.17) is 10.5 Å². The number of phenolic OH excluding ortho intramolecular Hbond substituents is 1. The number of ether oxygens (including phenoxy) is 1. The van der Waals surface area contributed by atoms with Crippen LogP contribution in [0.5, 0.6) is 11.5 Å². The Morgan fingerprint density at radius 2 is 2.05 bits per heavy atom. The second kappa shape index (κ2) is 6.17. The number of methoxy groups -OCH3 is 1. The Kier molecular flexibility index (Phi) is 4.33. The lowest BCUT2D eigenvalue weighted by Gasteiger charge is -2.12. The molecule has 0 radical (unpaired) electrons. The molecule has 5 nitrogen and oxygen atoms in total. The predicted octanol–water partition coefficient (Wildman–Crippen LogP) is 2.42. The van der Waals surface area contributed by atoms with Crippen LogP contribution >= 0.6 is 0 Å². The van der Waals surface area contributed by atoms with Crippen molar-refractivity contribution in [2.45, 2.75) is 13.5 Å². The first kappa shape index (κ1) is 14.7. The smallest absolute Gasteiger partial charge is 0.248 e. The van der Waals surface area contributed by atoms with Gasteiger partial charge in [-0.2, -0.15) is 0 Å². The molecular formula is C16H18N2O3. The third-order valence-electron chi connectivity index (χ3n) is 3.27. The molecule has 0 aliphatic heterocycles. The molecule has 1 amide bonds. The number of nitrogens with two attached hydrogens (primary N) is 1. The lowest BCUT2D eigenvalue weighted by Crippen LogP contribution is -2.11. The van der Waals surface area contributed by atoms with Crippen molar-refractivity contribution >= 4 is 11.6 Å². The van der Waals surface area contributed by atoms with Gasteiger partial charge in [0.15, 0.2) is 0 Å². The maximum Gasteiger partial charge on any atom is 0.248 e. The van der Waals surface area contributed by atoms with E-state index in [9.17, 15) is 9.90 Å². The van der Waals surface area contributed by atoms with E-state index in [0.717, 1.165) is 16.8 Å². The lowest BCUT2D eigenvalue weighted by molar-refractivity contribution is 0.1000. The van der Waals surface area contributed by atoms with Gasteiger partial charge in [0.05, 0.1) is 7.11 Å². The number of benzene rings is 2. The minimum Gasteiger partial charge on any atom is -0.507 e. The van der Waals surface area contributed by atoms with Crippen LogP contribution in [0.15, 0.2) is 36.4 Å². The van der Waals surface area contributed by atoms with Gasteiger partial charge in [0.1, 0.15) is 11.5 Å².